The Bertz CT molecular complexity index is 817. The Morgan fingerprint density at radius 3 is 2.58 bits per heavy atom. The molecule has 4 nitrogen and oxygen atoms in total. The standard InChI is InChI=1S/C18H17FN4S/c19-16-8-6-15(7-9-16)17-20-21-18-23(17)12-22(13-24-18)11-10-14-4-2-1-3-5-14/h1-9H,10-13H2. The van der Waals surface area contributed by atoms with Gasteiger partial charge >= 0.3 is 0 Å². The second-order valence-electron chi connectivity index (χ2n) is 5.79. The number of halogens is 1. The predicted octanol–water partition coefficient (Wildman–Crippen LogP) is 3.65. The van der Waals surface area contributed by atoms with Gasteiger partial charge in [-0.3, -0.25) is 9.47 Å². The molecule has 0 spiro atoms. The van der Waals surface area contributed by atoms with Crippen LogP contribution in [0.3, 0.4) is 0 Å². The fourth-order valence-electron chi connectivity index (χ4n) is 2.79. The van der Waals surface area contributed by atoms with E-state index >= 15 is 0 Å². The Kier molecular flexibility index (Phi) is 4.32. The molecule has 122 valence electrons. The van der Waals surface area contributed by atoms with E-state index in [0.29, 0.717) is 0 Å². The molecular formula is C18H17FN4S. The molecule has 0 saturated heterocycles. The Morgan fingerprint density at radius 2 is 1.79 bits per heavy atom. The molecule has 1 aromatic heterocycles. The molecule has 24 heavy (non-hydrogen) atoms. The number of rotatable bonds is 4. The quantitative estimate of drug-likeness (QED) is 0.726. The van der Waals surface area contributed by atoms with E-state index in [-0.39, 0.29) is 5.82 Å². The van der Waals surface area contributed by atoms with Gasteiger partial charge in [-0.2, -0.15) is 0 Å². The molecule has 0 unspecified atom stereocenters. The molecule has 0 fully saturated rings. The van der Waals surface area contributed by atoms with E-state index in [4.69, 9.17) is 0 Å². The summed E-state index contributed by atoms with van der Waals surface area (Å²) >= 11 is 1.69. The molecule has 2 aromatic carbocycles. The summed E-state index contributed by atoms with van der Waals surface area (Å²) in [6.07, 6.45) is 1.02. The van der Waals surface area contributed by atoms with Crippen molar-refractivity contribution in [2.45, 2.75) is 18.2 Å². The van der Waals surface area contributed by atoms with Crippen LogP contribution in [0.25, 0.3) is 11.4 Å². The van der Waals surface area contributed by atoms with Crippen LogP contribution in [0.15, 0.2) is 59.8 Å². The number of hydrogen-bond donors (Lipinski definition) is 0. The molecule has 0 N–H and O–H groups in total. The minimum absolute atomic E-state index is 0.240. The van der Waals surface area contributed by atoms with Crippen molar-refractivity contribution in [2.24, 2.45) is 0 Å². The number of hydrogen-bond acceptors (Lipinski definition) is 4. The predicted molar refractivity (Wildman–Crippen MR) is 93.0 cm³/mol. The lowest BCUT2D eigenvalue weighted by Crippen LogP contribution is -2.32. The second kappa shape index (κ2) is 6.75. The maximum atomic E-state index is 13.1. The summed E-state index contributed by atoms with van der Waals surface area (Å²) in [6, 6.07) is 16.9. The molecule has 2 heterocycles. The van der Waals surface area contributed by atoms with Gasteiger partial charge < -0.3 is 0 Å². The van der Waals surface area contributed by atoms with Crippen molar-refractivity contribution in [3.63, 3.8) is 0 Å². The molecule has 6 heteroatoms. The van der Waals surface area contributed by atoms with Gasteiger partial charge in [0.2, 0.25) is 0 Å². The third-order valence-corrected chi connectivity index (χ3v) is 5.15. The Hall–Kier alpha value is -2.18. The van der Waals surface area contributed by atoms with E-state index < -0.39 is 0 Å². The van der Waals surface area contributed by atoms with Crippen LogP contribution in [0.1, 0.15) is 5.56 Å². The van der Waals surface area contributed by atoms with Gasteiger partial charge in [0.1, 0.15) is 5.82 Å². The van der Waals surface area contributed by atoms with Crippen molar-refractivity contribution in [3.05, 3.63) is 66.0 Å². The van der Waals surface area contributed by atoms with Crippen LogP contribution in [-0.2, 0) is 13.1 Å². The maximum absolute atomic E-state index is 13.1. The van der Waals surface area contributed by atoms with Crippen LogP contribution < -0.4 is 0 Å². The minimum atomic E-state index is -0.240. The number of benzene rings is 2. The Labute approximate surface area is 144 Å². The highest BCUT2D eigenvalue weighted by Crippen LogP contribution is 2.28. The van der Waals surface area contributed by atoms with Gasteiger partial charge in [-0.05, 0) is 36.2 Å². The molecule has 1 aliphatic heterocycles. The average Bonchev–Trinajstić information content (AvgIpc) is 3.05. The van der Waals surface area contributed by atoms with E-state index in [1.165, 1.54) is 17.7 Å². The number of aromatic nitrogens is 3. The SMILES string of the molecule is Fc1ccc(-c2nnc3n2CN(CCc2ccccc2)CS3)cc1. The zero-order valence-electron chi connectivity index (χ0n) is 13.1. The number of nitrogens with zero attached hydrogens (tertiary/aromatic N) is 4. The van der Waals surface area contributed by atoms with Crippen molar-refractivity contribution < 1.29 is 4.39 Å². The lowest BCUT2D eigenvalue weighted by Gasteiger charge is -2.27. The van der Waals surface area contributed by atoms with Crippen LogP contribution in [0.4, 0.5) is 4.39 Å². The molecule has 4 rings (SSSR count). The lowest BCUT2D eigenvalue weighted by atomic mass is 10.1. The molecule has 0 saturated carbocycles. The first-order chi connectivity index (χ1) is 11.8. The highest BCUT2D eigenvalue weighted by atomic mass is 32.2. The van der Waals surface area contributed by atoms with Crippen LogP contribution in [0.5, 0.6) is 0 Å². The van der Waals surface area contributed by atoms with Crippen LogP contribution in [-0.4, -0.2) is 32.1 Å². The summed E-state index contributed by atoms with van der Waals surface area (Å²) in [5, 5.41) is 9.48. The molecule has 0 atom stereocenters. The van der Waals surface area contributed by atoms with Crippen LogP contribution in [0, 0.1) is 5.82 Å². The Morgan fingerprint density at radius 1 is 1.00 bits per heavy atom. The molecular weight excluding hydrogens is 323 g/mol. The van der Waals surface area contributed by atoms with Crippen molar-refractivity contribution in [3.8, 4) is 11.4 Å². The normalized spacial score (nSPS) is 14.5. The first-order valence-corrected chi connectivity index (χ1v) is 8.86. The van der Waals surface area contributed by atoms with Gasteiger partial charge in [0.05, 0.1) is 12.5 Å². The monoisotopic (exact) mass is 340 g/mol. The molecule has 3 aromatic rings. The minimum Gasteiger partial charge on any atom is -0.288 e. The molecule has 0 aliphatic carbocycles. The van der Waals surface area contributed by atoms with Crippen molar-refractivity contribution in [2.75, 3.05) is 12.4 Å². The van der Waals surface area contributed by atoms with E-state index in [1.54, 1.807) is 23.9 Å². The summed E-state index contributed by atoms with van der Waals surface area (Å²) in [5.74, 6) is 1.46. The average molecular weight is 340 g/mol. The lowest BCUT2D eigenvalue weighted by molar-refractivity contribution is 0.242. The van der Waals surface area contributed by atoms with Gasteiger partial charge in [-0.15, -0.1) is 10.2 Å². The van der Waals surface area contributed by atoms with Gasteiger partial charge in [0.15, 0.2) is 11.0 Å². The van der Waals surface area contributed by atoms with E-state index in [1.807, 2.05) is 6.07 Å². The van der Waals surface area contributed by atoms with Gasteiger partial charge in [-0.25, -0.2) is 4.39 Å². The highest BCUT2D eigenvalue weighted by molar-refractivity contribution is 7.99. The van der Waals surface area contributed by atoms with Gasteiger partial charge in [0, 0.05) is 12.1 Å². The highest BCUT2D eigenvalue weighted by Gasteiger charge is 2.22. The third-order valence-electron chi connectivity index (χ3n) is 4.10. The summed E-state index contributed by atoms with van der Waals surface area (Å²) in [4.78, 5) is 2.38. The smallest absolute Gasteiger partial charge is 0.193 e. The van der Waals surface area contributed by atoms with Crippen LogP contribution >= 0.6 is 11.8 Å². The Balaban J connectivity index is 1.50. The fraction of sp³-hybridized carbons (Fsp3) is 0.222. The molecule has 0 amide bonds. The first-order valence-electron chi connectivity index (χ1n) is 7.88. The zero-order valence-corrected chi connectivity index (χ0v) is 13.9. The van der Waals surface area contributed by atoms with E-state index in [0.717, 1.165) is 42.1 Å². The zero-order chi connectivity index (χ0) is 16.4. The van der Waals surface area contributed by atoms with Gasteiger partial charge in [-0.1, -0.05) is 42.1 Å². The van der Waals surface area contributed by atoms with E-state index in [9.17, 15) is 4.39 Å². The summed E-state index contributed by atoms with van der Waals surface area (Å²) in [7, 11) is 0. The summed E-state index contributed by atoms with van der Waals surface area (Å²) < 4.78 is 15.2. The number of fused-ring (bicyclic) bond motifs is 1. The molecule has 0 radical (unpaired) electrons. The topological polar surface area (TPSA) is 34.0 Å². The van der Waals surface area contributed by atoms with Crippen molar-refractivity contribution in [1.82, 2.24) is 19.7 Å². The third kappa shape index (κ3) is 3.20. The molecule has 0 bridgehead atoms. The first kappa shape index (κ1) is 15.4. The van der Waals surface area contributed by atoms with Gasteiger partial charge in [0.25, 0.3) is 0 Å². The number of thioether (sulfide) groups is 1. The summed E-state index contributed by atoms with van der Waals surface area (Å²) in [5.41, 5.74) is 2.23. The summed E-state index contributed by atoms with van der Waals surface area (Å²) in [6.45, 7) is 1.74. The fourth-order valence-corrected chi connectivity index (χ4v) is 3.70. The second-order valence-corrected chi connectivity index (χ2v) is 6.70. The van der Waals surface area contributed by atoms with Crippen molar-refractivity contribution in [1.29, 1.82) is 0 Å². The largest absolute Gasteiger partial charge is 0.288 e. The molecule has 1 aliphatic rings. The maximum Gasteiger partial charge on any atom is 0.193 e. The van der Waals surface area contributed by atoms with Crippen LogP contribution in [0.2, 0.25) is 0 Å². The van der Waals surface area contributed by atoms with E-state index in [2.05, 4.69) is 43.9 Å². The van der Waals surface area contributed by atoms with Crippen molar-refractivity contribution >= 4 is 11.8 Å².